The monoisotopic (exact) mass is 564 g/mol. The molecule has 1 saturated heterocycles. The number of nitrogens with zero attached hydrogens (tertiary/aromatic N) is 4. The Kier molecular flexibility index (Phi) is 9.42. The molecule has 1 aliphatic heterocycles. The van der Waals surface area contributed by atoms with Crippen LogP contribution in [0.5, 0.6) is 0 Å². The molecule has 2 aromatic rings. The lowest BCUT2D eigenvalue weighted by atomic mass is 10.0. The first-order chi connectivity index (χ1) is 17.8. The topological polar surface area (TPSA) is 109 Å². The molecule has 3 rings (SSSR count). The van der Waals surface area contributed by atoms with E-state index in [1.807, 2.05) is 26.2 Å². The molecule has 0 bridgehead atoms. The minimum Gasteiger partial charge on any atom is -0.466 e. The largest absolute Gasteiger partial charge is 0.466 e. The van der Waals surface area contributed by atoms with Crippen LogP contribution in [-0.4, -0.2) is 89.1 Å². The Labute approximate surface area is 228 Å². The van der Waals surface area contributed by atoms with Gasteiger partial charge in [-0.15, -0.1) is 15.7 Å². The van der Waals surface area contributed by atoms with Crippen LogP contribution in [-0.2, 0) is 30.7 Å². The lowest BCUT2D eigenvalue weighted by molar-refractivity contribution is -0.142. The molecule has 1 fully saturated rings. The number of ether oxygens (including phenoxy) is 2. The Morgan fingerprint density at radius 2 is 1.74 bits per heavy atom. The fourth-order valence-electron chi connectivity index (χ4n) is 3.85. The summed E-state index contributed by atoms with van der Waals surface area (Å²) in [5, 5.41) is 2.90. The van der Waals surface area contributed by atoms with Crippen molar-refractivity contribution >= 4 is 44.8 Å². The number of esters is 1. The predicted octanol–water partition coefficient (Wildman–Crippen LogP) is 3.86. The van der Waals surface area contributed by atoms with Crippen LogP contribution in [0.2, 0.25) is 0 Å². The van der Waals surface area contributed by atoms with Gasteiger partial charge in [-0.3, -0.25) is 4.79 Å². The van der Waals surface area contributed by atoms with Gasteiger partial charge >= 0.3 is 12.1 Å². The molecule has 1 aromatic heterocycles. The Balaban J connectivity index is 1.86. The zero-order chi connectivity index (χ0) is 28.1. The summed E-state index contributed by atoms with van der Waals surface area (Å²) in [5.41, 5.74) is 1.89. The standard InChI is InChI=1S/C26H36N4O6S2/c1-7-35-23(31)16-21-22(19-8-10-20(11-9-19)38(33,34)27-18-28(5)6)17-37-24(21)29-12-14-30(15-13-29)25(32)36-26(2,3)4/h8-11,17-18H,7,12-16H2,1-6H3. The van der Waals surface area contributed by atoms with E-state index in [0.717, 1.165) is 21.7 Å². The van der Waals surface area contributed by atoms with Gasteiger partial charge in [0.15, 0.2) is 0 Å². The van der Waals surface area contributed by atoms with E-state index in [4.69, 9.17) is 9.47 Å². The Morgan fingerprint density at radius 1 is 1.11 bits per heavy atom. The zero-order valence-electron chi connectivity index (χ0n) is 22.8. The van der Waals surface area contributed by atoms with Crippen molar-refractivity contribution in [3.05, 3.63) is 35.2 Å². The number of benzene rings is 1. The Morgan fingerprint density at radius 3 is 2.29 bits per heavy atom. The van der Waals surface area contributed by atoms with Crippen LogP contribution in [0.3, 0.4) is 0 Å². The number of hydrogen-bond donors (Lipinski definition) is 0. The van der Waals surface area contributed by atoms with E-state index in [0.29, 0.717) is 26.2 Å². The molecule has 0 radical (unpaired) electrons. The van der Waals surface area contributed by atoms with Crippen molar-refractivity contribution in [3.63, 3.8) is 0 Å². The summed E-state index contributed by atoms with van der Waals surface area (Å²) >= 11 is 1.51. The van der Waals surface area contributed by atoms with Crippen molar-refractivity contribution in [1.82, 2.24) is 9.80 Å². The van der Waals surface area contributed by atoms with Crippen molar-refractivity contribution in [2.75, 3.05) is 51.8 Å². The van der Waals surface area contributed by atoms with Gasteiger partial charge in [-0.25, -0.2) is 4.79 Å². The maximum atomic E-state index is 12.5. The number of rotatable bonds is 8. The van der Waals surface area contributed by atoms with Gasteiger partial charge in [-0.05, 0) is 51.0 Å². The van der Waals surface area contributed by atoms with Crippen LogP contribution in [0.25, 0.3) is 11.1 Å². The van der Waals surface area contributed by atoms with Gasteiger partial charge in [0.1, 0.15) is 11.9 Å². The molecule has 0 unspecified atom stereocenters. The van der Waals surface area contributed by atoms with Gasteiger partial charge in [0.05, 0.1) is 22.9 Å². The second-order valence-electron chi connectivity index (χ2n) is 10.1. The number of amides is 1. The van der Waals surface area contributed by atoms with Gasteiger partial charge in [0, 0.05) is 51.2 Å². The van der Waals surface area contributed by atoms with Crippen LogP contribution in [0.4, 0.5) is 9.80 Å². The van der Waals surface area contributed by atoms with E-state index < -0.39 is 15.6 Å². The summed E-state index contributed by atoms with van der Waals surface area (Å²) in [6.45, 7) is 9.76. The highest BCUT2D eigenvalue weighted by Gasteiger charge is 2.29. The first-order valence-corrected chi connectivity index (χ1v) is 14.7. The SMILES string of the molecule is CCOC(=O)Cc1c(-c2ccc(S(=O)(=O)N=CN(C)C)cc2)csc1N1CCN(C(=O)OC(C)(C)C)CC1. The molecule has 1 aliphatic rings. The maximum absolute atomic E-state index is 12.5. The lowest BCUT2D eigenvalue weighted by Gasteiger charge is -2.36. The van der Waals surface area contributed by atoms with Crippen molar-refractivity contribution in [3.8, 4) is 11.1 Å². The Bertz CT molecular complexity index is 1260. The van der Waals surface area contributed by atoms with Crippen molar-refractivity contribution in [2.24, 2.45) is 4.40 Å². The number of carbonyl (C=O) groups is 2. The molecule has 0 N–H and O–H groups in total. The van der Waals surface area contributed by atoms with E-state index >= 15 is 0 Å². The average Bonchev–Trinajstić information content (AvgIpc) is 3.25. The van der Waals surface area contributed by atoms with Crippen molar-refractivity contribution < 1.29 is 27.5 Å². The van der Waals surface area contributed by atoms with Crippen LogP contribution < -0.4 is 4.90 Å². The lowest BCUT2D eigenvalue weighted by Crippen LogP contribution is -2.50. The van der Waals surface area contributed by atoms with E-state index in [2.05, 4.69) is 9.30 Å². The van der Waals surface area contributed by atoms with Crippen LogP contribution in [0.1, 0.15) is 33.3 Å². The molecule has 0 saturated carbocycles. The van der Waals surface area contributed by atoms with Gasteiger partial charge in [-0.1, -0.05) is 12.1 Å². The molecular weight excluding hydrogens is 528 g/mol. The highest BCUT2D eigenvalue weighted by molar-refractivity contribution is 7.90. The van der Waals surface area contributed by atoms with Crippen molar-refractivity contribution in [1.29, 1.82) is 0 Å². The Hall–Kier alpha value is -3.12. The first kappa shape index (κ1) is 29.4. The average molecular weight is 565 g/mol. The predicted molar refractivity (Wildman–Crippen MR) is 149 cm³/mol. The molecule has 38 heavy (non-hydrogen) atoms. The third-order valence-electron chi connectivity index (χ3n) is 5.60. The number of sulfonamides is 1. The number of hydrogen-bond acceptors (Lipinski definition) is 8. The third kappa shape index (κ3) is 7.70. The number of anilines is 1. The molecule has 208 valence electrons. The molecule has 0 atom stereocenters. The summed E-state index contributed by atoms with van der Waals surface area (Å²) in [4.78, 5) is 30.5. The summed E-state index contributed by atoms with van der Waals surface area (Å²) in [6.07, 6.45) is 0.997. The molecule has 0 aliphatic carbocycles. The summed E-state index contributed by atoms with van der Waals surface area (Å²) in [7, 11) is -0.435. The number of piperazine rings is 1. The van der Waals surface area contributed by atoms with E-state index in [1.54, 1.807) is 43.0 Å². The summed E-state index contributed by atoms with van der Waals surface area (Å²) < 4.78 is 39.4. The van der Waals surface area contributed by atoms with Gasteiger partial charge in [-0.2, -0.15) is 8.42 Å². The summed E-state index contributed by atoms with van der Waals surface area (Å²) in [6, 6.07) is 6.48. The zero-order valence-corrected chi connectivity index (χ0v) is 24.4. The fourth-order valence-corrected chi connectivity index (χ4v) is 5.93. The van der Waals surface area contributed by atoms with Crippen LogP contribution in [0, 0.1) is 0 Å². The maximum Gasteiger partial charge on any atom is 0.410 e. The third-order valence-corrected chi connectivity index (χ3v) is 7.92. The number of carbonyl (C=O) groups excluding carboxylic acids is 2. The minimum atomic E-state index is -3.82. The normalized spacial score (nSPS) is 14.6. The molecular formula is C26H36N4O6S2. The van der Waals surface area contributed by atoms with E-state index in [9.17, 15) is 18.0 Å². The molecule has 2 heterocycles. The summed E-state index contributed by atoms with van der Waals surface area (Å²) in [5.74, 6) is -0.335. The first-order valence-electron chi connectivity index (χ1n) is 12.4. The quantitative estimate of drug-likeness (QED) is 0.270. The van der Waals surface area contributed by atoms with Crippen molar-refractivity contribution in [2.45, 2.75) is 44.6 Å². The highest BCUT2D eigenvalue weighted by Crippen LogP contribution is 2.39. The van der Waals surface area contributed by atoms with E-state index in [-0.39, 0.29) is 30.0 Å². The molecule has 1 amide bonds. The molecule has 0 spiro atoms. The minimum absolute atomic E-state index is 0.0833. The smallest absolute Gasteiger partial charge is 0.410 e. The number of thiophene rings is 1. The van der Waals surface area contributed by atoms with E-state index in [1.165, 1.54) is 29.8 Å². The molecule has 10 nitrogen and oxygen atoms in total. The highest BCUT2D eigenvalue weighted by atomic mass is 32.2. The molecule has 12 heteroatoms. The van der Waals surface area contributed by atoms with Gasteiger partial charge in [0.25, 0.3) is 10.0 Å². The van der Waals surface area contributed by atoms with Crippen LogP contribution in [0.15, 0.2) is 38.9 Å². The molecule has 1 aromatic carbocycles. The van der Waals surface area contributed by atoms with Gasteiger partial charge < -0.3 is 24.2 Å². The van der Waals surface area contributed by atoms with Crippen LogP contribution >= 0.6 is 11.3 Å². The fraction of sp³-hybridized carbons (Fsp3) is 0.500. The van der Waals surface area contributed by atoms with Gasteiger partial charge in [0.2, 0.25) is 0 Å². The second-order valence-corrected chi connectivity index (χ2v) is 12.5. The second kappa shape index (κ2) is 12.2.